The number of benzene rings is 1. The lowest BCUT2D eigenvalue weighted by Gasteiger charge is -2.37. The van der Waals surface area contributed by atoms with Crippen LogP contribution in [0.1, 0.15) is 43.7 Å². The topological polar surface area (TPSA) is 68.9 Å². The predicted octanol–water partition coefficient (Wildman–Crippen LogP) is 2.76. The second kappa shape index (κ2) is 8.92. The van der Waals surface area contributed by atoms with Crippen LogP contribution in [0.2, 0.25) is 0 Å². The van der Waals surface area contributed by atoms with Gasteiger partial charge in [0.1, 0.15) is 5.75 Å². The van der Waals surface area contributed by atoms with Gasteiger partial charge in [0.25, 0.3) is 0 Å². The molecule has 5 nitrogen and oxygen atoms in total. The van der Waals surface area contributed by atoms with Gasteiger partial charge in [-0.25, -0.2) is 0 Å². The Bertz CT molecular complexity index is 552. The minimum atomic E-state index is -0.0767. The highest BCUT2D eigenvalue weighted by molar-refractivity contribution is 5.77. The van der Waals surface area contributed by atoms with Crippen molar-refractivity contribution < 1.29 is 9.47 Å². The molecular formula is C19H31N3O2. The minimum absolute atomic E-state index is 0.0767. The van der Waals surface area contributed by atoms with Gasteiger partial charge in [-0.05, 0) is 32.3 Å². The number of nitrogens with two attached hydrogens (primary N) is 1. The highest BCUT2D eigenvalue weighted by Crippen LogP contribution is 2.40. The number of aliphatic imine (C=N–C) groups is 1. The van der Waals surface area contributed by atoms with E-state index in [9.17, 15) is 0 Å². The number of hydrogen-bond acceptors (Lipinski definition) is 3. The molecule has 5 heteroatoms. The predicted molar refractivity (Wildman–Crippen MR) is 98.9 cm³/mol. The zero-order valence-electron chi connectivity index (χ0n) is 15.2. The number of ether oxygens (including phenoxy) is 2. The molecule has 0 radical (unpaired) electrons. The summed E-state index contributed by atoms with van der Waals surface area (Å²) in [5.74, 6) is 1.45. The molecule has 1 heterocycles. The normalized spacial score (nSPS) is 17.5. The maximum absolute atomic E-state index is 6.05. The van der Waals surface area contributed by atoms with E-state index in [1.54, 1.807) is 7.11 Å². The van der Waals surface area contributed by atoms with Crippen LogP contribution in [0.15, 0.2) is 23.2 Å². The fraction of sp³-hybridized carbons (Fsp3) is 0.632. The van der Waals surface area contributed by atoms with Crippen LogP contribution in [0.5, 0.6) is 5.75 Å². The second-order valence-electron chi connectivity index (χ2n) is 6.58. The van der Waals surface area contributed by atoms with Crippen molar-refractivity contribution in [3.63, 3.8) is 0 Å². The first-order chi connectivity index (χ1) is 11.6. The quantitative estimate of drug-likeness (QED) is 0.457. The molecule has 1 aromatic rings. The third-order valence-corrected chi connectivity index (χ3v) is 4.76. The maximum atomic E-state index is 6.05. The molecular weight excluding hydrogens is 302 g/mol. The molecule has 0 bridgehead atoms. The summed E-state index contributed by atoms with van der Waals surface area (Å²) in [5.41, 5.74) is 8.42. The van der Waals surface area contributed by atoms with Gasteiger partial charge in [-0.2, -0.15) is 0 Å². The van der Waals surface area contributed by atoms with Gasteiger partial charge in [-0.3, -0.25) is 4.99 Å². The summed E-state index contributed by atoms with van der Waals surface area (Å²) in [6.07, 6.45) is 4.10. The average molecular weight is 333 g/mol. The zero-order valence-corrected chi connectivity index (χ0v) is 15.2. The van der Waals surface area contributed by atoms with Gasteiger partial charge in [0, 0.05) is 30.7 Å². The number of nitrogens with zero attached hydrogens (tertiary/aromatic N) is 1. The molecule has 0 spiro atoms. The van der Waals surface area contributed by atoms with Crippen molar-refractivity contribution >= 4 is 5.96 Å². The van der Waals surface area contributed by atoms with E-state index in [0.29, 0.717) is 12.5 Å². The first-order valence-corrected chi connectivity index (χ1v) is 8.88. The van der Waals surface area contributed by atoms with E-state index in [4.69, 9.17) is 15.2 Å². The van der Waals surface area contributed by atoms with E-state index in [-0.39, 0.29) is 5.41 Å². The minimum Gasteiger partial charge on any atom is -0.496 e. The monoisotopic (exact) mass is 333 g/mol. The Labute approximate surface area is 145 Å². The van der Waals surface area contributed by atoms with Crippen LogP contribution in [-0.2, 0) is 10.2 Å². The molecule has 0 aromatic heterocycles. The van der Waals surface area contributed by atoms with Crippen LogP contribution in [0, 0.1) is 6.92 Å². The number of aryl methyl sites for hydroxylation is 1. The SMILES string of the molecule is CCCCNC(N)=NCC1(c2cc(C)ccc2OC)CCOCC1. The van der Waals surface area contributed by atoms with Crippen LogP contribution in [0.4, 0.5) is 0 Å². The van der Waals surface area contributed by atoms with Crippen molar-refractivity contribution in [2.45, 2.75) is 44.9 Å². The number of guanidine groups is 1. The summed E-state index contributed by atoms with van der Waals surface area (Å²) in [7, 11) is 1.73. The fourth-order valence-electron chi connectivity index (χ4n) is 3.20. The third kappa shape index (κ3) is 4.63. The van der Waals surface area contributed by atoms with E-state index in [1.165, 1.54) is 11.1 Å². The maximum Gasteiger partial charge on any atom is 0.188 e. The van der Waals surface area contributed by atoms with Gasteiger partial charge in [0.2, 0.25) is 0 Å². The number of nitrogens with one attached hydrogen (secondary N) is 1. The smallest absolute Gasteiger partial charge is 0.188 e. The Hall–Kier alpha value is -1.75. The standard InChI is InChI=1S/C19H31N3O2/c1-4-5-10-21-18(20)22-14-19(8-11-24-12-9-19)16-13-15(2)6-7-17(16)23-3/h6-7,13H,4-5,8-12,14H2,1-3H3,(H3,20,21,22). The van der Waals surface area contributed by atoms with E-state index in [0.717, 1.165) is 51.2 Å². The number of hydrogen-bond donors (Lipinski definition) is 2. The van der Waals surface area contributed by atoms with Crippen molar-refractivity contribution in [1.82, 2.24) is 5.32 Å². The Balaban J connectivity index is 2.24. The number of methoxy groups -OCH3 is 1. The number of rotatable bonds is 7. The van der Waals surface area contributed by atoms with Gasteiger partial charge in [-0.15, -0.1) is 0 Å². The molecule has 0 atom stereocenters. The number of unbranched alkanes of at least 4 members (excludes halogenated alkanes) is 1. The summed E-state index contributed by atoms with van der Waals surface area (Å²) in [5, 5.41) is 3.20. The van der Waals surface area contributed by atoms with Gasteiger partial charge in [-0.1, -0.05) is 31.0 Å². The van der Waals surface area contributed by atoms with Crippen LogP contribution < -0.4 is 15.8 Å². The zero-order chi connectivity index (χ0) is 17.4. The lowest BCUT2D eigenvalue weighted by Crippen LogP contribution is -2.39. The van der Waals surface area contributed by atoms with Gasteiger partial charge < -0.3 is 20.5 Å². The van der Waals surface area contributed by atoms with E-state index < -0.39 is 0 Å². The first-order valence-electron chi connectivity index (χ1n) is 8.88. The Morgan fingerprint density at radius 3 is 2.79 bits per heavy atom. The van der Waals surface area contributed by atoms with E-state index >= 15 is 0 Å². The van der Waals surface area contributed by atoms with Crippen LogP contribution in [0.25, 0.3) is 0 Å². The Morgan fingerprint density at radius 1 is 1.38 bits per heavy atom. The molecule has 3 N–H and O–H groups in total. The van der Waals surface area contributed by atoms with Crippen molar-refractivity contribution in [3.05, 3.63) is 29.3 Å². The van der Waals surface area contributed by atoms with Crippen molar-refractivity contribution in [2.75, 3.05) is 33.4 Å². The average Bonchev–Trinajstić information content (AvgIpc) is 2.61. The molecule has 1 saturated heterocycles. The summed E-state index contributed by atoms with van der Waals surface area (Å²) in [6.45, 7) is 7.29. The molecule has 2 rings (SSSR count). The summed E-state index contributed by atoms with van der Waals surface area (Å²) >= 11 is 0. The summed E-state index contributed by atoms with van der Waals surface area (Å²) in [6, 6.07) is 6.36. The van der Waals surface area contributed by atoms with Crippen LogP contribution in [0.3, 0.4) is 0 Å². The molecule has 1 aliphatic rings. The molecule has 1 fully saturated rings. The van der Waals surface area contributed by atoms with Crippen molar-refractivity contribution in [1.29, 1.82) is 0 Å². The molecule has 0 unspecified atom stereocenters. The summed E-state index contributed by atoms with van der Waals surface area (Å²) < 4.78 is 11.2. The first kappa shape index (κ1) is 18.6. The fourth-order valence-corrected chi connectivity index (χ4v) is 3.20. The van der Waals surface area contributed by atoms with Crippen molar-refractivity contribution in [3.8, 4) is 5.75 Å². The highest BCUT2D eigenvalue weighted by atomic mass is 16.5. The molecule has 1 aromatic carbocycles. The van der Waals surface area contributed by atoms with E-state index in [1.807, 2.05) is 0 Å². The van der Waals surface area contributed by atoms with Crippen LogP contribution in [-0.4, -0.2) is 39.4 Å². The van der Waals surface area contributed by atoms with Crippen molar-refractivity contribution in [2.24, 2.45) is 10.7 Å². The molecule has 0 saturated carbocycles. The van der Waals surface area contributed by atoms with E-state index in [2.05, 4.69) is 42.4 Å². The highest BCUT2D eigenvalue weighted by Gasteiger charge is 2.37. The second-order valence-corrected chi connectivity index (χ2v) is 6.58. The van der Waals surface area contributed by atoms with Gasteiger partial charge in [0.15, 0.2) is 5.96 Å². The summed E-state index contributed by atoms with van der Waals surface area (Å²) in [4.78, 5) is 4.65. The van der Waals surface area contributed by atoms with Gasteiger partial charge in [0.05, 0.1) is 13.7 Å². The molecule has 0 amide bonds. The largest absolute Gasteiger partial charge is 0.496 e. The lowest BCUT2D eigenvalue weighted by atomic mass is 9.73. The lowest BCUT2D eigenvalue weighted by molar-refractivity contribution is 0.0522. The van der Waals surface area contributed by atoms with Crippen LogP contribution >= 0.6 is 0 Å². The Kier molecular flexibility index (Phi) is 6.91. The Morgan fingerprint density at radius 2 is 2.12 bits per heavy atom. The molecule has 134 valence electrons. The molecule has 1 aliphatic heterocycles. The van der Waals surface area contributed by atoms with Gasteiger partial charge >= 0.3 is 0 Å². The molecule has 0 aliphatic carbocycles. The third-order valence-electron chi connectivity index (χ3n) is 4.76. The molecule has 24 heavy (non-hydrogen) atoms.